The van der Waals surface area contributed by atoms with Gasteiger partial charge in [-0.05, 0) is 11.1 Å². The normalized spacial score (nSPS) is 11.7. The Hall–Kier alpha value is -1.82. The van der Waals surface area contributed by atoms with Crippen LogP contribution in [0, 0.1) is 0 Å². The number of nitrogens with one attached hydrogen (secondary N) is 1. The number of hydrogen-bond donors (Lipinski definition) is 2. The smallest absolute Gasteiger partial charge is 0.328 e. The van der Waals surface area contributed by atoms with Crippen molar-refractivity contribution in [1.82, 2.24) is 5.32 Å². The summed E-state index contributed by atoms with van der Waals surface area (Å²) in [6.45, 7) is -0.0414. The molecule has 2 radical (unpaired) electrons. The first-order valence-corrected chi connectivity index (χ1v) is 5.39. The van der Waals surface area contributed by atoms with Crippen LogP contribution in [0.5, 0.6) is 0 Å². The summed E-state index contributed by atoms with van der Waals surface area (Å²) >= 11 is 0. The minimum absolute atomic E-state index is 0.0414. The van der Waals surface area contributed by atoms with Gasteiger partial charge < -0.3 is 15.2 Å². The fourth-order valence-corrected chi connectivity index (χ4v) is 1.52. The van der Waals surface area contributed by atoms with E-state index in [9.17, 15) is 9.59 Å². The number of rotatable bonds is 5. The number of carbonyl (C=O) groups excluding carboxylic acids is 2. The number of hydrogen-bond acceptors (Lipinski definition) is 4. The summed E-state index contributed by atoms with van der Waals surface area (Å²) in [5, 5.41) is 11.2. The van der Waals surface area contributed by atoms with Crippen molar-refractivity contribution in [2.75, 3.05) is 7.11 Å². The van der Waals surface area contributed by atoms with Crippen molar-refractivity contribution in [1.29, 1.82) is 0 Å². The Morgan fingerprint density at radius 3 is 2.33 bits per heavy atom. The molecule has 0 saturated heterocycles. The molecule has 94 valence electrons. The molecule has 5 nitrogen and oxygen atoms in total. The monoisotopic (exact) mass is 247 g/mol. The minimum Gasteiger partial charge on any atom is -0.467 e. The second-order valence-corrected chi connectivity index (χ2v) is 3.76. The summed E-state index contributed by atoms with van der Waals surface area (Å²) in [6, 6.07) is 6.21. The highest BCUT2D eigenvalue weighted by Gasteiger charge is 2.20. The van der Waals surface area contributed by atoms with Gasteiger partial charge in [0.15, 0.2) is 5.81 Å². The minimum atomic E-state index is -0.813. The molecule has 0 aliphatic heterocycles. The highest BCUT2D eigenvalue weighted by atomic mass is 16.5. The lowest BCUT2D eigenvalue weighted by molar-refractivity contribution is -0.142. The topological polar surface area (TPSA) is 75.6 Å². The fraction of sp³-hybridized carbons (Fsp3) is 0.333. The van der Waals surface area contributed by atoms with Crippen LogP contribution in [0.2, 0.25) is 0 Å². The second-order valence-electron chi connectivity index (χ2n) is 3.76. The summed E-state index contributed by atoms with van der Waals surface area (Å²) in [6.07, 6.45) is 0.279. The van der Waals surface area contributed by atoms with Crippen molar-refractivity contribution in [3.63, 3.8) is 0 Å². The molecule has 0 aromatic heterocycles. The molecule has 1 rings (SSSR count). The van der Waals surface area contributed by atoms with Crippen molar-refractivity contribution < 1.29 is 19.4 Å². The van der Waals surface area contributed by atoms with Gasteiger partial charge in [-0.3, -0.25) is 4.79 Å². The van der Waals surface area contributed by atoms with Crippen molar-refractivity contribution in [2.45, 2.75) is 19.1 Å². The van der Waals surface area contributed by atoms with Gasteiger partial charge in [0.25, 0.3) is 0 Å². The number of aliphatic hydroxyl groups excluding tert-OH is 1. The molecule has 1 atom stereocenters. The molecule has 0 aliphatic rings. The SMILES string of the molecule is [B]C(=O)NC(Cc1ccc(CO)cc1)C(=O)OC. The third-order valence-corrected chi connectivity index (χ3v) is 2.45. The lowest BCUT2D eigenvalue weighted by atomic mass is 10.0. The van der Waals surface area contributed by atoms with Gasteiger partial charge in [0, 0.05) is 6.42 Å². The van der Waals surface area contributed by atoms with Crippen LogP contribution in [0.15, 0.2) is 24.3 Å². The number of aliphatic hydroxyl groups is 1. The van der Waals surface area contributed by atoms with E-state index >= 15 is 0 Å². The lowest BCUT2D eigenvalue weighted by Crippen LogP contribution is -2.42. The molecular formula is C12H14BNO4. The molecule has 1 amide bonds. The first-order valence-electron chi connectivity index (χ1n) is 5.39. The molecule has 6 heteroatoms. The van der Waals surface area contributed by atoms with Gasteiger partial charge in [0.1, 0.15) is 6.04 Å². The van der Waals surface area contributed by atoms with Gasteiger partial charge in [-0.15, -0.1) is 0 Å². The molecule has 0 fully saturated rings. The Morgan fingerprint density at radius 2 is 1.89 bits per heavy atom. The van der Waals surface area contributed by atoms with Crippen LogP contribution in [0.3, 0.4) is 0 Å². The third kappa shape index (κ3) is 4.22. The molecular weight excluding hydrogens is 233 g/mol. The van der Waals surface area contributed by atoms with Crippen molar-refractivity contribution in [3.8, 4) is 0 Å². The zero-order chi connectivity index (χ0) is 13.5. The number of amides is 1. The van der Waals surface area contributed by atoms with Gasteiger partial charge in [-0.25, -0.2) is 4.79 Å². The summed E-state index contributed by atoms with van der Waals surface area (Å²) in [7, 11) is 6.24. The van der Waals surface area contributed by atoms with E-state index in [0.29, 0.717) is 0 Å². The molecule has 1 aromatic carbocycles. The van der Waals surface area contributed by atoms with Crippen molar-refractivity contribution in [2.24, 2.45) is 0 Å². The predicted octanol–water partition coefficient (Wildman–Crippen LogP) is 0.141. The van der Waals surface area contributed by atoms with E-state index in [1.54, 1.807) is 24.3 Å². The number of carbonyl (C=O) groups is 2. The van der Waals surface area contributed by atoms with E-state index in [2.05, 4.69) is 10.1 Å². The highest BCUT2D eigenvalue weighted by Crippen LogP contribution is 2.08. The van der Waals surface area contributed by atoms with Gasteiger partial charge in [0.05, 0.1) is 13.7 Å². The van der Waals surface area contributed by atoms with Crippen LogP contribution < -0.4 is 5.32 Å². The second kappa shape index (κ2) is 6.81. The van der Waals surface area contributed by atoms with E-state index in [0.717, 1.165) is 11.1 Å². The molecule has 0 aliphatic carbocycles. The van der Waals surface area contributed by atoms with Crippen LogP contribution in [0.25, 0.3) is 0 Å². The van der Waals surface area contributed by atoms with E-state index in [4.69, 9.17) is 13.0 Å². The Morgan fingerprint density at radius 1 is 1.33 bits per heavy atom. The van der Waals surface area contributed by atoms with E-state index in [1.807, 2.05) is 0 Å². The standard InChI is InChI=1S/C12H14BNO4/c1-18-11(16)10(14-12(13)17)6-8-2-4-9(7-15)5-3-8/h2-5,10,15H,6-7H2,1H3,(H,14,17). The number of esters is 1. The maximum Gasteiger partial charge on any atom is 0.328 e. The zero-order valence-corrected chi connectivity index (χ0v) is 10.1. The van der Waals surface area contributed by atoms with Crippen LogP contribution in [-0.4, -0.2) is 37.9 Å². The number of ether oxygens (including phenoxy) is 1. The Kier molecular flexibility index (Phi) is 5.39. The van der Waals surface area contributed by atoms with E-state index in [1.165, 1.54) is 7.11 Å². The molecule has 0 heterocycles. The first kappa shape index (κ1) is 14.2. The average molecular weight is 247 g/mol. The summed E-state index contributed by atoms with van der Waals surface area (Å²) in [5.74, 6) is -1.34. The highest BCUT2D eigenvalue weighted by molar-refractivity contribution is 6.57. The molecule has 0 saturated carbocycles. The summed E-state index contributed by atoms with van der Waals surface area (Å²) in [4.78, 5) is 22.2. The molecule has 0 bridgehead atoms. The Bertz CT molecular complexity index is 419. The average Bonchev–Trinajstić information content (AvgIpc) is 2.37. The third-order valence-electron chi connectivity index (χ3n) is 2.45. The predicted molar refractivity (Wildman–Crippen MR) is 66.2 cm³/mol. The summed E-state index contributed by atoms with van der Waals surface area (Å²) < 4.78 is 4.58. The van der Waals surface area contributed by atoms with Gasteiger partial charge in [-0.2, -0.15) is 0 Å². The van der Waals surface area contributed by atoms with Crippen LogP contribution in [-0.2, 0) is 22.6 Å². The maximum absolute atomic E-state index is 11.4. The molecule has 2 N–H and O–H groups in total. The number of methoxy groups -OCH3 is 1. The fourth-order valence-electron chi connectivity index (χ4n) is 1.52. The summed E-state index contributed by atoms with van der Waals surface area (Å²) in [5.41, 5.74) is 1.60. The van der Waals surface area contributed by atoms with E-state index in [-0.39, 0.29) is 13.0 Å². The zero-order valence-electron chi connectivity index (χ0n) is 10.1. The van der Waals surface area contributed by atoms with Crippen LogP contribution in [0.1, 0.15) is 11.1 Å². The van der Waals surface area contributed by atoms with Gasteiger partial charge >= 0.3 is 5.97 Å². The molecule has 1 unspecified atom stereocenters. The lowest BCUT2D eigenvalue weighted by Gasteiger charge is -2.15. The first-order chi connectivity index (χ1) is 8.56. The van der Waals surface area contributed by atoms with Gasteiger partial charge in [-0.1, -0.05) is 24.3 Å². The quantitative estimate of drug-likeness (QED) is 0.573. The van der Waals surface area contributed by atoms with Gasteiger partial charge in [0.2, 0.25) is 7.85 Å². The molecule has 0 spiro atoms. The largest absolute Gasteiger partial charge is 0.467 e. The Labute approximate surface area is 107 Å². The van der Waals surface area contributed by atoms with Crippen LogP contribution in [0.4, 0.5) is 4.79 Å². The Balaban J connectivity index is 2.75. The number of benzene rings is 1. The maximum atomic E-state index is 11.4. The van der Waals surface area contributed by atoms with Crippen LogP contribution >= 0.6 is 0 Å². The molecule has 1 aromatic rings. The van der Waals surface area contributed by atoms with Crippen molar-refractivity contribution in [3.05, 3.63) is 35.4 Å². The van der Waals surface area contributed by atoms with E-state index < -0.39 is 17.8 Å². The molecule has 18 heavy (non-hydrogen) atoms. The van der Waals surface area contributed by atoms with Crippen molar-refractivity contribution >= 4 is 19.6 Å².